The molecule has 8 heteroatoms. The summed E-state index contributed by atoms with van der Waals surface area (Å²) < 4.78 is 0. The van der Waals surface area contributed by atoms with Crippen molar-refractivity contribution in [2.24, 2.45) is 5.10 Å². The van der Waals surface area contributed by atoms with Crippen LogP contribution in [0.25, 0.3) is 0 Å². The third-order valence-electron chi connectivity index (χ3n) is 3.19. The number of aromatic hydroxyl groups is 1. The number of nitrogens with one attached hydrogen (secondary N) is 3. The second-order valence-corrected chi connectivity index (χ2v) is 4.48. The summed E-state index contributed by atoms with van der Waals surface area (Å²) >= 11 is 0. The van der Waals surface area contributed by atoms with Crippen LogP contribution >= 0.6 is 0 Å². The summed E-state index contributed by atoms with van der Waals surface area (Å²) in [5, 5.41) is 13.8. The second kappa shape index (κ2) is 8.25. The van der Waals surface area contributed by atoms with Crippen LogP contribution in [-0.2, 0) is 0 Å². The number of aromatic amines is 2. The minimum Gasteiger partial charge on any atom is -0.494 e. The van der Waals surface area contributed by atoms with E-state index in [2.05, 4.69) is 39.2 Å². The average molecular weight is 297 g/mol. The fourth-order valence-electron chi connectivity index (χ4n) is 1.95. The molecule has 0 spiro atoms. The molecule has 0 aliphatic rings. The van der Waals surface area contributed by atoms with E-state index >= 15 is 0 Å². The number of hydrazone groups is 1. The van der Waals surface area contributed by atoms with Gasteiger partial charge in [0.15, 0.2) is 0 Å². The van der Waals surface area contributed by atoms with Crippen molar-refractivity contribution in [1.29, 1.82) is 0 Å². The van der Waals surface area contributed by atoms with Crippen LogP contribution in [-0.4, -0.2) is 51.9 Å². The van der Waals surface area contributed by atoms with Crippen molar-refractivity contribution in [1.82, 2.24) is 20.3 Å². The van der Waals surface area contributed by atoms with E-state index in [1.54, 1.807) is 0 Å². The first-order valence-electron chi connectivity index (χ1n) is 7.11. The van der Waals surface area contributed by atoms with Crippen LogP contribution in [0.2, 0.25) is 0 Å². The number of aromatic nitrogens is 2. The van der Waals surface area contributed by atoms with Crippen LogP contribution in [0.4, 0.5) is 0 Å². The van der Waals surface area contributed by atoms with Gasteiger partial charge in [-0.2, -0.15) is 5.10 Å². The van der Waals surface area contributed by atoms with Crippen molar-refractivity contribution < 1.29 is 5.11 Å². The molecule has 0 aliphatic carbocycles. The van der Waals surface area contributed by atoms with E-state index in [0.717, 1.165) is 19.6 Å². The summed E-state index contributed by atoms with van der Waals surface area (Å²) in [6.45, 7) is 9.37. The molecule has 0 aliphatic heterocycles. The van der Waals surface area contributed by atoms with Gasteiger partial charge in [0.25, 0.3) is 5.56 Å². The number of H-pyrrole nitrogens is 2. The average Bonchev–Trinajstić information content (AvgIpc) is 2.44. The molecule has 8 nitrogen and oxygen atoms in total. The standard InChI is InChI=1S/C13H23N5O3/c1-4-9(17-14-7-8-18(5-2)6-3)10-11(19)15-13(21)16-12(10)20/h14H,4-8H2,1-3H3,(H3,15,16,19,20,21). The Morgan fingerprint density at radius 1 is 1.24 bits per heavy atom. The molecule has 4 N–H and O–H groups in total. The third kappa shape index (κ3) is 4.75. The lowest BCUT2D eigenvalue weighted by molar-refractivity contribution is 0.303. The van der Waals surface area contributed by atoms with Crippen molar-refractivity contribution in [3.05, 3.63) is 26.4 Å². The van der Waals surface area contributed by atoms with Crippen molar-refractivity contribution in [3.63, 3.8) is 0 Å². The first-order chi connectivity index (χ1) is 10.0. The molecule has 1 rings (SSSR count). The molecule has 0 fully saturated rings. The molecule has 0 atom stereocenters. The van der Waals surface area contributed by atoms with E-state index in [1.165, 1.54) is 0 Å². The highest BCUT2D eigenvalue weighted by Gasteiger charge is 2.14. The summed E-state index contributed by atoms with van der Waals surface area (Å²) in [5.74, 6) is -0.463. The molecule has 0 saturated heterocycles. The van der Waals surface area contributed by atoms with Crippen molar-refractivity contribution in [2.75, 3.05) is 26.2 Å². The van der Waals surface area contributed by atoms with E-state index in [1.807, 2.05) is 6.92 Å². The van der Waals surface area contributed by atoms with Gasteiger partial charge in [-0.25, -0.2) is 4.79 Å². The fraction of sp³-hybridized carbons (Fsp3) is 0.615. The van der Waals surface area contributed by atoms with Crippen molar-refractivity contribution in [2.45, 2.75) is 27.2 Å². The Hall–Kier alpha value is -2.09. The smallest absolute Gasteiger partial charge is 0.328 e. The maximum atomic E-state index is 11.7. The molecule has 0 amide bonds. The number of hydrogen-bond donors (Lipinski definition) is 4. The van der Waals surface area contributed by atoms with E-state index in [9.17, 15) is 14.7 Å². The first-order valence-corrected chi connectivity index (χ1v) is 7.11. The van der Waals surface area contributed by atoms with Gasteiger partial charge in [0.05, 0.1) is 5.71 Å². The minimum absolute atomic E-state index is 0.00700. The lowest BCUT2D eigenvalue weighted by Gasteiger charge is -2.17. The number of rotatable bonds is 8. The Labute approximate surface area is 122 Å². The SMILES string of the molecule is CCC(=NNCCN(CC)CC)c1c(O)[nH]c(=O)[nH]c1=O. The quantitative estimate of drug-likeness (QED) is 0.302. The summed E-state index contributed by atoms with van der Waals surface area (Å²) in [7, 11) is 0. The van der Waals surface area contributed by atoms with Crippen molar-refractivity contribution in [3.8, 4) is 5.88 Å². The number of nitrogens with zero attached hydrogens (tertiary/aromatic N) is 2. The van der Waals surface area contributed by atoms with Gasteiger partial charge in [0.2, 0.25) is 5.88 Å². The highest BCUT2D eigenvalue weighted by atomic mass is 16.3. The lowest BCUT2D eigenvalue weighted by atomic mass is 10.1. The topological polar surface area (TPSA) is 114 Å². The molecule has 1 heterocycles. The Morgan fingerprint density at radius 3 is 2.43 bits per heavy atom. The van der Waals surface area contributed by atoms with E-state index in [4.69, 9.17) is 0 Å². The molecule has 1 aromatic heterocycles. The normalized spacial score (nSPS) is 11.9. The highest BCUT2D eigenvalue weighted by Crippen LogP contribution is 2.08. The molecule has 0 aromatic carbocycles. The molecule has 0 unspecified atom stereocenters. The molecule has 118 valence electrons. The molecular weight excluding hydrogens is 274 g/mol. The van der Waals surface area contributed by atoms with Gasteiger partial charge in [0, 0.05) is 13.1 Å². The molecule has 0 radical (unpaired) electrons. The Kier molecular flexibility index (Phi) is 6.67. The van der Waals surface area contributed by atoms with Crippen LogP contribution in [0.15, 0.2) is 14.7 Å². The molecule has 1 aromatic rings. The maximum absolute atomic E-state index is 11.7. The zero-order valence-electron chi connectivity index (χ0n) is 12.7. The van der Waals surface area contributed by atoms with Crippen LogP contribution < -0.4 is 16.7 Å². The molecule has 0 saturated carbocycles. The largest absolute Gasteiger partial charge is 0.494 e. The van der Waals surface area contributed by atoms with Crippen LogP contribution in [0.3, 0.4) is 0 Å². The van der Waals surface area contributed by atoms with Gasteiger partial charge in [-0.1, -0.05) is 20.8 Å². The summed E-state index contributed by atoms with van der Waals surface area (Å²) in [6.07, 6.45) is 0.445. The van der Waals surface area contributed by atoms with Gasteiger partial charge < -0.3 is 15.4 Å². The van der Waals surface area contributed by atoms with Crippen LogP contribution in [0.1, 0.15) is 32.8 Å². The van der Waals surface area contributed by atoms with Gasteiger partial charge in [-0.3, -0.25) is 14.8 Å². The van der Waals surface area contributed by atoms with E-state index in [0.29, 0.717) is 18.7 Å². The predicted octanol–water partition coefficient (Wildman–Crippen LogP) is -0.186. The van der Waals surface area contributed by atoms with Crippen LogP contribution in [0.5, 0.6) is 5.88 Å². The van der Waals surface area contributed by atoms with Gasteiger partial charge in [-0.05, 0) is 19.5 Å². The maximum Gasteiger partial charge on any atom is 0.328 e. The van der Waals surface area contributed by atoms with E-state index < -0.39 is 17.1 Å². The minimum atomic E-state index is -0.744. The highest BCUT2D eigenvalue weighted by molar-refractivity contribution is 6.01. The fourth-order valence-corrected chi connectivity index (χ4v) is 1.95. The third-order valence-corrected chi connectivity index (χ3v) is 3.19. The van der Waals surface area contributed by atoms with Gasteiger partial charge >= 0.3 is 5.69 Å². The summed E-state index contributed by atoms with van der Waals surface area (Å²) in [5.41, 5.74) is 1.88. The number of likely N-dealkylation sites (N-methyl/N-ethyl adjacent to an activating group) is 1. The van der Waals surface area contributed by atoms with Crippen LogP contribution in [0, 0.1) is 0 Å². The monoisotopic (exact) mass is 297 g/mol. The zero-order valence-corrected chi connectivity index (χ0v) is 12.7. The second-order valence-electron chi connectivity index (χ2n) is 4.48. The lowest BCUT2D eigenvalue weighted by Crippen LogP contribution is -2.31. The van der Waals surface area contributed by atoms with E-state index in [-0.39, 0.29) is 5.56 Å². The Balaban J connectivity index is 2.82. The molecule has 21 heavy (non-hydrogen) atoms. The van der Waals surface area contributed by atoms with Crippen molar-refractivity contribution >= 4 is 5.71 Å². The summed E-state index contributed by atoms with van der Waals surface area (Å²) in [6, 6.07) is 0. The zero-order chi connectivity index (χ0) is 15.8. The van der Waals surface area contributed by atoms with Gasteiger partial charge in [0.1, 0.15) is 5.56 Å². The Bertz CT molecular complexity index is 586. The first kappa shape index (κ1) is 17.0. The van der Waals surface area contributed by atoms with Gasteiger partial charge in [-0.15, -0.1) is 0 Å². The summed E-state index contributed by atoms with van der Waals surface area (Å²) in [4.78, 5) is 29.2. The Morgan fingerprint density at radius 2 is 1.90 bits per heavy atom. The number of hydrogen-bond acceptors (Lipinski definition) is 6. The molecule has 0 bridgehead atoms. The molecular formula is C13H23N5O3. The predicted molar refractivity (Wildman–Crippen MR) is 82.0 cm³/mol.